The second-order valence-corrected chi connectivity index (χ2v) is 7.52. The third-order valence-electron chi connectivity index (χ3n) is 4.87. The summed E-state index contributed by atoms with van der Waals surface area (Å²) in [6.45, 7) is 7.28. The molecule has 0 spiro atoms. The minimum Gasteiger partial charge on any atom is -0.377 e. The Morgan fingerprint density at radius 1 is 1.61 bits per heavy atom. The van der Waals surface area contributed by atoms with Gasteiger partial charge in [-0.15, -0.1) is 17.9 Å². The van der Waals surface area contributed by atoms with Crippen LogP contribution in [0.1, 0.15) is 24.1 Å². The van der Waals surface area contributed by atoms with Crippen molar-refractivity contribution >= 4 is 17.2 Å². The summed E-state index contributed by atoms with van der Waals surface area (Å²) in [4.78, 5) is 15.8. The lowest BCUT2D eigenvalue weighted by molar-refractivity contribution is -0.163. The number of hydrogen-bond acceptors (Lipinski definition) is 4. The molecule has 3 heterocycles. The molecule has 2 fully saturated rings. The highest BCUT2D eigenvalue weighted by molar-refractivity contribution is 7.10. The van der Waals surface area contributed by atoms with E-state index in [1.165, 1.54) is 0 Å². The van der Waals surface area contributed by atoms with Gasteiger partial charge in [-0.25, -0.2) is 0 Å². The lowest BCUT2D eigenvalue weighted by Gasteiger charge is -2.50. The van der Waals surface area contributed by atoms with Crippen molar-refractivity contribution in [2.75, 3.05) is 32.9 Å². The Morgan fingerprint density at radius 3 is 3.30 bits per heavy atom. The van der Waals surface area contributed by atoms with E-state index >= 15 is 0 Å². The Kier molecular flexibility index (Phi) is 5.51. The third-order valence-corrected chi connectivity index (χ3v) is 5.75. The van der Waals surface area contributed by atoms with Crippen LogP contribution in [0.2, 0.25) is 0 Å². The number of ether oxygens (including phenoxy) is 2. The molecule has 1 amide bonds. The van der Waals surface area contributed by atoms with Crippen LogP contribution in [0.4, 0.5) is 0 Å². The number of carbonyl (C=O) groups excluding carboxylic acids is 1. The van der Waals surface area contributed by atoms with Crippen molar-refractivity contribution in [2.24, 2.45) is 5.41 Å². The van der Waals surface area contributed by atoms with Gasteiger partial charge in [0.25, 0.3) is 0 Å². The number of hydrogen-bond donors (Lipinski definition) is 0. The highest BCUT2D eigenvalue weighted by Crippen LogP contribution is 2.40. The van der Waals surface area contributed by atoms with Crippen LogP contribution in [0, 0.1) is 5.41 Å². The fraction of sp³-hybridized carbons (Fsp3) is 0.611. The number of amides is 1. The van der Waals surface area contributed by atoms with E-state index in [9.17, 15) is 4.79 Å². The van der Waals surface area contributed by atoms with Gasteiger partial charge in [0, 0.05) is 30.0 Å². The Hall–Kier alpha value is -1.17. The smallest absolute Gasteiger partial charge is 0.227 e. The van der Waals surface area contributed by atoms with Crippen LogP contribution < -0.4 is 0 Å². The SMILES string of the molecule is C=CCOC[C@]12CCCO[C@H]1CCN(C(=O)Cc1cccs1)C2. The van der Waals surface area contributed by atoms with Crippen molar-refractivity contribution < 1.29 is 14.3 Å². The molecule has 0 bridgehead atoms. The number of carbonyl (C=O) groups is 1. The van der Waals surface area contributed by atoms with Crippen molar-refractivity contribution in [1.29, 1.82) is 0 Å². The van der Waals surface area contributed by atoms with Crippen LogP contribution in [0.15, 0.2) is 30.2 Å². The first-order chi connectivity index (χ1) is 11.2. The van der Waals surface area contributed by atoms with Crippen LogP contribution in [0.3, 0.4) is 0 Å². The molecule has 2 aliphatic heterocycles. The molecule has 1 aromatic heterocycles. The fourth-order valence-corrected chi connectivity index (χ4v) is 4.43. The van der Waals surface area contributed by atoms with Gasteiger partial charge in [0.1, 0.15) is 0 Å². The van der Waals surface area contributed by atoms with Gasteiger partial charge in [-0.1, -0.05) is 12.1 Å². The van der Waals surface area contributed by atoms with Crippen LogP contribution >= 0.6 is 11.3 Å². The highest BCUT2D eigenvalue weighted by atomic mass is 32.1. The average Bonchev–Trinajstić information content (AvgIpc) is 3.07. The van der Waals surface area contributed by atoms with Crippen molar-refractivity contribution in [3.8, 4) is 0 Å². The molecule has 0 N–H and O–H groups in total. The van der Waals surface area contributed by atoms with E-state index in [-0.39, 0.29) is 17.4 Å². The van der Waals surface area contributed by atoms with Gasteiger partial charge in [-0.2, -0.15) is 0 Å². The second-order valence-electron chi connectivity index (χ2n) is 6.49. The van der Waals surface area contributed by atoms with Crippen molar-refractivity contribution in [3.63, 3.8) is 0 Å². The van der Waals surface area contributed by atoms with Gasteiger partial charge >= 0.3 is 0 Å². The summed E-state index contributed by atoms with van der Waals surface area (Å²) >= 11 is 1.65. The van der Waals surface area contributed by atoms with Gasteiger partial charge in [-0.05, 0) is 30.7 Å². The van der Waals surface area contributed by atoms with Gasteiger partial charge in [0.15, 0.2) is 0 Å². The molecular formula is C18H25NO3S. The van der Waals surface area contributed by atoms with Gasteiger partial charge in [-0.3, -0.25) is 4.79 Å². The fourth-order valence-electron chi connectivity index (χ4n) is 3.73. The molecule has 0 saturated carbocycles. The summed E-state index contributed by atoms with van der Waals surface area (Å²) in [5.41, 5.74) is -0.0510. The molecule has 2 saturated heterocycles. The average molecular weight is 335 g/mol. The van der Waals surface area contributed by atoms with E-state index in [1.54, 1.807) is 17.4 Å². The van der Waals surface area contributed by atoms with Crippen molar-refractivity contribution in [2.45, 2.75) is 31.8 Å². The zero-order valence-electron chi connectivity index (χ0n) is 13.5. The van der Waals surface area contributed by atoms with Gasteiger partial charge in [0.05, 0.1) is 25.7 Å². The van der Waals surface area contributed by atoms with E-state index in [2.05, 4.69) is 6.58 Å². The molecule has 0 unspecified atom stereocenters. The lowest BCUT2D eigenvalue weighted by atomic mass is 9.73. The summed E-state index contributed by atoms with van der Waals surface area (Å²) in [6.07, 6.45) is 5.52. The summed E-state index contributed by atoms with van der Waals surface area (Å²) in [5, 5.41) is 2.02. The first kappa shape index (κ1) is 16.7. The molecule has 0 radical (unpaired) electrons. The van der Waals surface area contributed by atoms with E-state index in [4.69, 9.17) is 9.47 Å². The number of rotatable bonds is 6. The van der Waals surface area contributed by atoms with Crippen LogP contribution in [0.5, 0.6) is 0 Å². The van der Waals surface area contributed by atoms with Crippen LogP contribution in [-0.4, -0.2) is 49.8 Å². The Labute approximate surface area is 142 Å². The maximum atomic E-state index is 12.6. The predicted molar refractivity (Wildman–Crippen MR) is 91.6 cm³/mol. The van der Waals surface area contributed by atoms with Crippen LogP contribution in [-0.2, 0) is 20.7 Å². The summed E-state index contributed by atoms with van der Waals surface area (Å²) in [6, 6.07) is 4.03. The topological polar surface area (TPSA) is 38.8 Å². The second kappa shape index (κ2) is 7.60. The molecular weight excluding hydrogens is 310 g/mol. The zero-order chi connectivity index (χ0) is 16.1. The maximum Gasteiger partial charge on any atom is 0.227 e. The number of thiophene rings is 1. The molecule has 23 heavy (non-hydrogen) atoms. The molecule has 2 aliphatic rings. The van der Waals surface area contributed by atoms with Crippen molar-refractivity contribution in [1.82, 2.24) is 4.90 Å². The molecule has 126 valence electrons. The van der Waals surface area contributed by atoms with Gasteiger partial charge < -0.3 is 14.4 Å². The predicted octanol–water partition coefficient (Wildman–Crippen LogP) is 2.89. The van der Waals surface area contributed by atoms with Crippen molar-refractivity contribution in [3.05, 3.63) is 35.0 Å². The minimum atomic E-state index is -0.0510. The largest absolute Gasteiger partial charge is 0.377 e. The summed E-state index contributed by atoms with van der Waals surface area (Å²) < 4.78 is 11.8. The number of likely N-dealkylation sites (tertiary alicyclic amines) is 1. The van der Waals surface area contributed by atoms with Crippen LogP contribution in [0.25, 0.3) is 0 Å². The Bertz CT molecular complexity index is 530. The normalized spacial score (nSPS) is 27.5. The third kappa shape index (κ3) is 3.84. The summed E-state index contributed by atoms with van der Waals surface area (Å²) in [5.74, 6) is 0.222. The molecule has 0 aromatic carbocycles. The number of piperidine rings is 1. The maximum absolute atomic E-state index is 12.6. The van der Waals surface area contributed by atoms with Gasteiger partial charge in [0.2, 0.25) is 5.91 Å². The van der Waals surface area contributed by atoms with E-state index < -0.39 is 0 Å². The van der Waals surface area contributed by atoms with E-state index in [0.717, 1.165) is 43.8 Å². The molecule has 0 aliphatic carbocycles. The molecule has 3 rings (SSSR count). The Balaban J connectivity index is 1.67. The first-order valence-corrected chi connectivity index (χ1v) is 9.22. The molecule has 4 nitrogen and oxygen atoms in total. The molecule has 1 aromatic rings. The quantitative estimate of drug-likeness (QED) is 0.593. The van der Waals surface area contributed by atoms with E-state index in [1.807, 2.05) is 22.4 Å². The first-order valence-electron chi connectivity index (χ1n) is 8.34. The van der Waals surface area contributed by atoms with E-state index in [0.29, 0.717) is 19.6 Å². The zero-order valence-corrected chi connectivity index (χ0v) is 14.4. The number of nitrogens with zero attached hydrogens (tertiary/aromatic N) is 1. The lowest BCUT2D eigenvalue weighted by Crippen LogP contribution is -2.58. The monoisotopic (exact) mass is 335 g/mol. The summed E-state index contributed by atoms with van der Waals surface area (Å²) in [7, 11) is 0. The Morgan fingerprint density at radius 2 is 2.52 bits per heavy atom. The molecule has 2 atom stereocenters. The standard InChI is InChI=1S/C18H25NO3S/c1-2-9-21-14-18-7-4-10-22-16(18)6-8-19(13-18)17(20)12-15-5-3-11-23-15/h2-3,5,11,16H,1,4,6-10,12-14H2/t16-,18+/m0/s1. The highest BCUT2D eigenvalue weighted by Gasteiger charge is 2.47. The molecule has 5 heteroatoms. The minimum absolute atomic E-state index is 0.0510. The number of fused-ring (bicyclic) bond motifs is 1.